The maximum atomic E-state index is 13.5. The number of rotatable bonds is 5. The summed E-state index contributed by atoms with van der Waals surface area (Å²) in [5.41, 5.74) is 4.85. The second kappa shape index (κ2) is 9.16. The summed E-state index contributed by atoms with van der Waals surface area (Å²) in [5, 5.41) is 5.88. The summed E-state index contributed by atoms with van der Waals surface area (Å²) < 4.78 is 15.8. The van der Waals surface area contributed by atoms with Gasteiger partial charge in [0.15, 0.2) is 0 Å². The third-order valence-electron chi connectivity index (χ3n) is 5.93. The highest BCUT2D eigenvalue weighted by molar-refractivity contribution is 6.31. The van der Waals surface area contributed by atoms with Crippen molar-refractivity contribution in [1.82, 2.24) is 4.57 Å². The van der Waals surface area contributed by atoms with E-state index >= 15 is 0 Å². The molecule has 5 heteroatoms. The van der Waals surface area contributed by atoms with Crippen LogP contribution >= 0.6 is 11.6 Å². The van der Waals surface area contributed by atoms with Crippen LogP contribution in [0, 0.1) is 5.82 Å². The standard InChI is InChI=1S/C29H22ClFN2O/c1-2-33-27-6-4-3-5-24(27)26-18-23(15-16-28(26)33)32-29(34)25(20-9-13-22(31)14-10-20)17-19-7-11-21(30)12-8-19/h3-18H,2H2,1H3,(H,32,34)/b25-17+. The molecule has 34 heavy (non-hydrogen) atoms. The van der Waals surface area contributed by atoms with E-state index in [2.05, 4.69) is 28.9 Å². The molecule has 0 atom stereocenters. The number of nitrogens with zero attached hydrogens (tertiary/aromatic N) is 1. The van der Waals surface area contributed by atoms with Gasteiger partial charge in [0.2, 0.25) is 0 Å². The lowest BCUT2D eigenvalue weighted by atomic mass is 10.0. The van der Waals surface area contributed by atoms with Crippen LogP contribution in [0.1, 0.15) is 18.1 Å². The summed E-state index contributed by atoms with van der Waals surface area (Å²) in [4.78, 5) is 13.4. The van der Waals surface area contributed by atoms with Gasteiger partial charge in [-0.2, -0.15) is 0 Å². The molecular formula is C29H22ClFN2O. The number of para-hydroxylation sites is 1. The summed E-state index contributed by atoms with van der Waals surface area (Å²) in [6.07, 6.45) is 1.78. The van der Waals surface area contributed by atoms with Gasteiger partial charge in [0.25, 0.3) is 5.91 Å². The largest absolute Gasteiger partial charge is 0.341 e. The first-order valence-corrected chi connectivity index (χ1v) is 11.5. The average Bonchev–Trinajstić information content (AvgIpc) is 3.17. The fourth-order valence-electron chi connectivity index (χ4n) is 4.31. The zero-order valence-electron chi connectivity index (χ0n) is 18.6. The van der Waals surface area contributed by atoms with Gasteiger partial charge in [-0.05, 0) is 72.7 Å². The summed E-state index contributed by atoms with van der Waals surface area (Å²) in [5.74, 6) is -0.632. The molecule has 0 aliphatic carbocycles. The maximum Gasteiger partial charge on any atom is 0.256 e. The maximum absolute atomic E-state index is 13.5. The summed E-state index contributed by atoms with van der Waals surface area (Å²) in [6, 6.07) is 27.3. The molecule has 1 aromatic heterocycles. The Balaban J connectivity index is 1.55. The van der Waals surface area contributed by atoms with Crippen molar-refractivity contribution in [3.05, 3.63) is 113 Å². The smallest absolute Gasteiger partial charge is 0.256 e. The molecule has 0 aliphatic rings. The number of amides is 1. The molecule has 0 radical (unpaired) electrons. The zero-order chi connectivity index (χ0) is 23.7. The lowest BCUT2D eigenvalue weighted by molar-refractivity contribution is -0.111. The lowest BCUT2D eigenvalue weighted by Gasteiger charge is -2.11. The number of aromatic nitrogens is 1. The Kier molecular flexibility index (Phi) is 5.91. The van der Waals surface area contributed by atoms with Crippen LogP contribution in [0.2, 0.25) is 5.02 Å². The molecule has 3 nitrogen and oxygen atoms in total. The first-order chi connectivity index (χ1) is 16.5. The first kappa shape index (κ1) is 21.9. The van der Waals surface area contributed by atoms with E-state index in [1.165, 1.54) is 12.1 Å². The average molecular weight is 469 g/mol. The SMILES string of the molecule is CCn1c2ccccc2c2cc(NC(=O)/C(=C/c3ccc(Cl)cc3)c3ccc(F)cc3)ccc21. The predicted octanol–water partition coefficient (Wildman–Crippen LogP) is 7.79. The van der Waals surface area contributed by atoms with Crippen molar-refractivity contribution in [3.8, 4) is 0 Å². The molecule has 0 bridgehead atoms. The number of carbonyl (C=O) groups is 1. The van der Waals surface area contributed by atoms with E-state index in [0.29, 0.717) is 21.8 Å². The lowest BCUT2D eigenvalue weighted by Crippen LogP contribution is -2.13. The molecule has 0 saturated heterocycles. The Morgan fingerprint density at radius 2 is 1.62 bits per heavy atom. The monoisotopic (exact) mass is 468 g/mol. The highest BCUT2D eigenvalue weighted by Gasteiger charge is 2.15. The van der Waals surface area contributed by atoms with Crippen LogP contribution in [0.25, 0.3) is 33.5 Å². The topological polar surface area (TPSA) is 34.0 Å². The van der Waals surface area contributed by atoms with Crippen molar-refractivity contribution >= 4 is 56.7 Å². The van der Waals surface area contributed by atoms with Gasteiger partial charge in [-0.1, -0.05) is 54.1 Å². The van der Waals surface area contributed by atoms with E-state index < -0.39 is 0 Å². The molecule has 168 valence electrons. The number of hydrogen-bond donors (Lipinski definition) is 1. The van der Waals surface area contributed by atoms with Crippen LogP contribution in [-0.4, -0.2) is 10.5 Å². The van der Waals surface area contributed by atoms with E-state index in [-0.39, 0.29) is 11.7 Å². The zero-order valence-corrected chi connectivity index (χ0v) is 19.3. The molecule has 0 aliphatic heterocycles. The van der Waals surface area contributed by atoms with Crippen molar-refractivity contribution in [2.75, 3.05) is 5.32 Å². The summed E-state index contributed by atoms with van der Waals surface area (Å²) in [6.45, 7) is 2.98. The summed E-state index contributed by atoms with van der Waals surface area (Å²) in [7, 11) is 0. The quantitative estimate of drug-likeness (QED) is 0.207. The summed E-state index contributed by atoms with van der Waals surface area (Å²) >= 11 is 6.01. The Morgan fingerprint density at radius 1 is 0.912 bits per heavy atom. The van der Waals surface area contributed by atoms with E-state index in [1.807, 2.05) is 42.5 Å². The van der Waals surface area contributed by atoms with Crippen LogP contribution in [-0.2, 0) is 11.3 Å². The van der Waals surface area contributed by atoms with Gasteiger partial charge >= 0.3 is 0 Å². The Hall–Kier alpha value is -3.89. The van der Waals surface area contributed by atoms with Crippen molar-refractivity contribution in [2.45, 2.75) is 13.5 Å². The number of fused-ring (bicyclic) bond motifs is 3. The van der Waals surface area contributed by atoms with Crippen LogP contribution in [0.15, 0.2) is 91.0 Å². The number of aryl methyl sites for hydroxylation is 1. The molecule has 1 heterocycles. The van der Waals surface area contributed by atoms with Gasteiger partial charge in [0, 0.05) is 44.6 Å². The van der Waals surface area contributed by atoms with Gasteiger partial charge < -0.3 is 9.88 Å². The fraction of sp³-hybridized carbons (Fsp3) is 0.0690. The molecule has 0 unspecified atom stereocenters. The Morgan fingerprint density at radius 3 is 2.35 bits per heavy atom. The molecule has 0 spiro atoms. The molecule has 0 fully saturated rings. The van der Waals surface area contributed by atoms with Crippen molar-refractivity contribution < 1.29 is 9.18 Å². The van der Waals surface area contributed by atoms with Crippen LogP contribution in [0.5, 0.6) is 0 Å². The number of halogens is 2. The second-order valence-electron chi connectivity index (χ2n) is 8.06. The number of hydrogen-bond acceptors (Lipinski definition) is 1. The highest BCUT2D eigenvalue weighted by atomic mass is 35.5. The Bertz CT molecular complexity index is 1530. The van der Waals surface area contributed by atoms with Crippen molar-refractivity contribution in [2.24, 2.45) is 0 Å². The van der Waals surface area contributed by atoms with Crippen LogP contribution < -0.4 is 5.32 Å². The highest BCUT2D eigenvalue weighted by Crippen LogP contribution is 2.31. The fourth-order valence-corrected chi connectivity index (χ4v) is 4.43. The molecule has 5 aromatic rings. The molecular weight excluding hydrogens is 447 g/mol. The third kappa shape index (κ3) is 4.20. The van der Waals surface area contributed by atoms with Gasteiger partial charge in [-0.15, -0.1) is 0 Å². The second-order valence-corrected chi connectivity index (χ2v) is 8.50. The van der Waals surface area contributed by atoms with Crippen LogP contribution in [0.3, 0.4) is 0 Å². The van der Waals surface area contributed by atoms with Gasteiger partial charge in [-0.3, -0.25) is 4.79 Å². The minimum atomic E-state index is -0.354. The van der Waals surface area contributed by atoms with Crippen molar-refractivity contribution in [1.29, 1.82) is 0 Å². The number of benzene rings is 4. The van der Waals surface area contributed by atoms with Gasteiger partial charge in [0.1, 0.15) is 5.82 Å². The predicted molar refractivity (Wildman–Crippen MR) is 139 cm³/mol. The van der Waals surface area contributed by atoms with E-state index in [0.717, 1.165) is 33.9 Å². The number of carbonyl (C=O) groups excluding carboxylic acids is 1. The molecule has 4 aromatic carbocycles. The van der Waals surface area contributed by atoms with Gasteiger partial charge in [-0.25, -0.2) is 4.39 Å². The normalized spacial score (nSPS) is 11.8. The van der Waals surface area contributed by atoms with E-state index in [1.54, 1.807) is 30.3 Å². The first-order valence-electron chi connectivity index (χ1n) is 11.1. The molecule has 5 rings (SSSR count). The third-order valence-corrected chi connectivity index (χ3v) is 6.18. The van der Waals surface area contributed by atoms with Crippen molar-refractivity contribution in [3.63, 3.8) is 0 Å². The number of anilines is 1. The van der Waals surface area contributed by atoms with Crippen LogP contribution in [0.4, 0.5) is 10.1 Å². The molecule has 1 amide bonds. The van der Waals surface area contributed by atoms with Gasteiger partial charge in [0.05, 0.1) is 0 Å². The molecule has 1 N–H and O–H groups in total. The van der Waals surface area contributed by atoms with E-state index in [4.69, 9.17) is 11.6 Å². The molecule has 0 saturated carbocycles. The van der Waals surface area contributed by atoms with E-state index in [9.17, 15) is 9.18 Å². The minimum Gasteiger partial charge on any atom is -0.341 e. The Labute approximate surface area is 202 Å². The minimum absolute atomic E-state index is 0.278. The number of nitrogens with one attached hydrogen (secondary N) is 1.